The summed E-state index contributed by atoms with van der Waals surface area (Å²) in [4.78, 5) is 20.2. The third-order valence-corrected chi connectivity index (χ3v) is 5.23. The topological polar surface area (TPSA) is 48.5 Å². The smallest absolute Gasteiger partial charge is 0.354 e. The molecule has 1 aromatic carbocycles. The number of amides is 1. The second-order valence-corrected chi connectivity index (χ2v) is 7.38. The van der Waals surface area contributed by atoms with Gasteiger partial charge in [-0.2, -0.15) is 13.2 Å². The Labute approximate surface area is 172 Å². The molecule has 3 rings (SSSR count). The molecule has 0 aliphatic carbocycles. The molecule has 0 unspecified atom stereocenters. The molecule has 1 N–H and O–H groups in total. The lowest BCUT2D eigenvalue weighted by molar-refractivity contribution is -0.137. The normalized spacial score (nSPS) is 16.5. The van der Waals surface area contributed by atoms with Crippen LogP contribution in [0.15, 0.2) is 42.6 Å². The minimum Gasteiger partial charge on any atom is -0.354 e. The molecule has 0 bridgehead atoms. The number of nitrogens with one attached hydrogen (secondary N) is 1. The van der Waals surface area contributed by atoms with Crippen LogP contribution in [-0.4, -0.2) is 48.5 Å². The van der Waals surface area contributed by atoms with Crippen LogP contribution in [0.3, 0.4) is 0 Å². The molecule has 5 nitrogen and oxygen atoms in total. The fraction of sp³-hybridized carbons (Fsp3) is 0.400. The Kier molecular flexibility index (Phi) is 6.64. The van der Waals surface area contributed by atoms with Gasteiger partial charge in [-0.15, -0.1) is 0 Å². The van der Waals surface area contributed by atoms with E-state index in [9.17, 15) is 18.0 Å². The third-order valence-electron chi connectivity index (χ3n) is 4.89. The Bertz CT molecular complexity index is 836. The van der Waals surface area contributed by atoms with Crippen LogP contribution in [0.5, 0.6) is 0 Å². The van der Waals surface area contributed by atoms with Crippen LogP contribution >= 0.6 is 11.6 Å². The van der Waals surface area contributed by atoms with Gasteiger partial charge in [-0.05, 0) is 30.7 Å². The van der Waals surface area contributed by atoms with Gasteiger partial charge in [-0.1, -0.05) is 29.8 Å². The van der Waals surface area contributed by atoms with Gasteiger partial charge in [0.1, 0.15) is 5.82 Å². The van der Waals surface area contributed by atoms with Crippen molar-refractivity contribution in [3.8, 4) is 0 Å². The lowest BCUT2D eigenvalue weighted by Gasteiger charge is -2.35. The van der Waals surface area contributed by atoms with E-state index in [0.29, 0.717) is 37.0 Å². The summed E-state index contributed by atoms with van der Waals surface area (Å²) >= 11 is 6.17. The van der Waals surface area contributed by atoms with Crippen molar-refractivity contribution in [2.24, 2.45) is 0 Å². The summed E-state index contributed by atoms with van der Waals surface area (Å²) in [6, 6.07) is 9.60. The number of carbonyl (C=O) groups excluding carboxylic acids is 1. The molecule has 1 saturated heterocycles. The highest BCUT2D eigenvalue weighted by atomic mass is 35.5. The highest BCUT2D eigenvalue weighted by Crippen LogP contribution is 2.29. The maximum Gasteiger partial charge on any atom is 0.417 e. The van der Waals surface area contributed by atoms with E-state index in [0.717, 1.165) is 17.8 Å². The molecule has 29 heavy (non-hydrogen) atoms. The van der Waals surface area contributed by atoms with Crippen molar-refractivity contribution in [1.82, 2.24) is 15.2 Å². The first-order valence-electron chi connectivity index (χ1n) is 9.28. The molecule has 1 fully saturated rings. The number of aromatic nitrogens is 1. The second kappa shape index (κ2) is 9.00. The standard InChI is InChI=1S/C20H22ClF3N4O/c1-14(16-4-2-3-5-17(16)21)26-19(29)13-27-8-10-28(11-9-27)18-7-6-15(12-25-18)20(22,23)24/h2-7,12,14H,8-11,13H2,1H3,(H,26,29)/t14-/m0/s1. The van der Waals surface area contributed by atoms with E-state index in [-0.39, 0.29) is 18.5 Å². The summed E-state index contributed by atoms with van der Waals surface area (Å²) in [6.07, 6.45) is -3.54. The van der Waals surface area contributed by atoms with Crippen LogP contribution in [0, 0.1) is 0 Å². The number of halogens is 4. The van der Waals surface area contributed by atoms with Crippen LogP contribution in [0.1, 0.15) is 24.1 Å². The first kappa shape index (κ1) is 21.4. The van der Waals surface area contributed by atoms with E-state index in [1.165, 1.54) is 6.07 Å². The number of alkyl halides is 3. The molecule has 2 heterocycles. The van der Waals surface area contributed by atoms with Crippen LogP contribution in [-0.2, 0) is 11.0 Å². The molecule has 1 aliphatic heterocycles. The molecule has 156 valence electrons. The lowest BCUT2D eigenvalue weighted by Crippen LogP contribution is -2.50. The maximum absolute atomic E-state index is 12.6. The van der Waals surface area contributed by atoms with Crippen LogP contribution in [0.2, 0.25) is 5.02 Å². The van der Waals surface area contributed by atoms with Crippen LogP contribution in [0.4, 0.5) is 19.0 Å². The zero-order valence-corrected chi connectivity index (χ0v) is 16.7. The second-order valence-electron chi connectivity index (χ2n) is 6.98. The van der Waals surface area contributed by atoms with Crippen molar-refractivity contribution in [3.63, 3.8) is 0 Å². The summed E-state index contributed by atoms with van der Waals surface area (Å²) in [7, 11) is 0. The van der Waals surface area contributed by atoms with Crippen molar-refractivity contribution in [1.29, 1.82) is 0 Å². The van der Waals surface area contributed by atoms with Gasteiger partial charge in [-0.3, -0.25) is 9.69 Å². The average Bonchev–Trinajstić information content (AvgIpc) is 2.68. The molecule has 1 aliphatic rings. The predicted molar refractivity (Wildman–Crippen MR) is 106 cm³/mol. The monoisotopic (exact) mass is 426 g/mol. The zero-order valence-electron chi connectivity index (χ0n) is 15.9. The first-order chi connectivity index (χ1) is 13.7. The zero-order chi connectivity index (χ0) is 21.0. The van der Waals surface area contributed by atoms with Crippen LogP contribution in [0.25, 0.3) is 0 Å². The third kappa shape index (κ3) is 5.61. The number of rotatable bonds is 5. The molecule has 1 amide bonds. The summed E-state index contributed by atoms with van der Waals surface area (Å²) in [5.74, 6) is 0.410. The number of hydrogen-bond acceptors (Lipinski definition) is 4. The summed E-state index contributed by atoms with van der Waals surface area (Å²) in [5, 5.41) is 3.56. The van der Waals surface area contributed by atoms with Gasteiger partial charge in [0.05, 0.1) is 18.2 Å². The van der Waals surface area contributed by atoms with Crippen LogP contribution < -0.4 is 10.2 Å². The van der Waals surface area contributed by atoms with E-state index in [1.807, 2.05) is 34.9 Å². The average molecular weight is 427 g/mol. The molecule has 0 radical (unpaired) electrons. The van der Waals surface area contributed by atoms with Gasteiger partial charge >= 0.3 is 6.18 Å². The Hall–Kier alpha value is -2.32. The summed E-state index contributed by atoms with van der Waals surface area (Å²) < 4.78 is 37.9. The van der Waals surface area contributed by atoms with Crippen molar-refractivity contribution < 1.29 is 18.0 Å². The Morgan fingerprint density at radius 2 is 1.86 bits per heavy atom. The SMILES string of the molecule is C[C@H](NC(=O)CN1CCN(c2ccc(C(F)(F)F)cn2)CC1)c1ccccc1Cl. The number of pyridine rings is 1. The van der Waals surface area contributed by atoms with Crippen molar-refractivity contribution in [2.45, 2.75) is 19.1 Å². The number of anilines is 1. The molecular weight excluding hydrogens is 405 g/mol. The van der Waals surface area contributed by atoms with E-state index in [2.05, 4.69) is 10.3 Å². The Morgan fingerprint density at radius 1 is 1.17 bits per heavy atom. The quantitative estimate of drug-likeness (QED) is 0.791. The van der Waals surface area contributed by atoms with E-state index in [4.69, 9.17) is 11.6 Å². The van der Waals surface area contributed by atoms with E-state index in [1.54, 1.807) is 6.07 Å². The number of carbonyl (C=O) groups is 1. The number of hydrogen-bond donors (Lipinski definition) is 1. The van der Waals surface area contributed by atoms with E-state index >= 15 is 0 Å². The highest BCUT2D eigenvalue weighted by Gasteiger charge is 2.31. The van der Waals surface area contributed by atoms with Gasteiger partial charge < -0.3 is 10.2 Å². The molecular formula is C20H22ClF3N4O. The van der Waals surface area contributed by atoms with Crippen molar-refractivity contribution in [2.75, 3.05) is 37.6 Å². The largest absolute Gasteiger partial charge is 0.417 e. The predicted octanol–water partition coefficient (Wildman–Crippen LogP) is 3.75. The molecule has 9 heteroatoms. The number of nitrogens with zero attached hydrogens (tertiary/aromatic N) is 3. The molecule has 0 spiro atoms. The highest BCUT2D eigenvalue weighted by molar-refractivity contribution is 6.31. The van der Waals surface area contributed by atoms with Gasteiger partial charge in [0.2, 0.25) is 5.91 Å². The molecule has 0 saturated carbocycles. The molecule has 1 aromatic heterocycles. The van der Waals surface area contributed by atoms with Crippen molar-refractivity contribution in [3.05, 3.63) is 58.7 Å². The fourth-order valence-electron chi connectivity index (χ4n) is 3.27. The summed E-state index contributed by atoms with van der Waals surface area (Å²) in [6.45, 7) is 4.56. The first-order valence-corrected chi connectivity index (χ1v) is 9.66. The fourth-order valence-corrected chi connectivity index (χ4v) is 3.57. The molecule has 2 aromatic rings. The minimum atomic E-state index is -4.39. The Balaban J connectivity index is 1.48. The van der Waals surface area contributed by atoms with Crippen molar-refractivity contribution >= 4 is 23.3 Å². The van der Waals surface area contributed by atoms with E-state index < -0.39 is 11.7 Å². The van der Waals surface area contributed by atoms with Gasteiger partial charge in [0, 0.05) is 37.4 Å². The number of piperazine rings is 1. The summed E-state index contributed by atoms with van der Waals surface area (Å²) in [5.41, 5.74) is 0.102. The number of benzene rings is 1. The van der Waals surface area contributed by atoms with Gasteiger partial charge in [0.15, 0.2) is 0 Å². The van der Waals surface area contributed by atoms with Gasteiger partial charge in [0.25, 0.3) is 0 Å². The van der Waals surface area contributed by atoms with Gasteiger partial charge in [-0.25, -0.2) is 4.98 Å². The minimum absolute atomic E-state index is 0.0986. The lowest BCUT2D eigenvalue weighted by atomic mass is 10.1. The Morgan fingerprint density at radius 3 is 2.45 bits per heavy atom. The molecule has 1 atom stereocenters. The maximum atomic E-state index is 12.6.